The minimum absolute atomic E-state index is 0.177. The molecular weight excluding hydrogens is 322 g/mol. The van der Waals surface area contributed by atoms with Crippen LogP contribution in [0.15, 0.2) is 12.7 Å². The Morgan fingerprint density at radius 2 is 2.17 bits per heavy atom. The van der Waals surface area contributed by atoms with E-state index in [1.807, 2.05) is 0 Å². The lowest BCUT2D eigenvalue weighted by Gasteiger charge is -2.20. The number of aromatic nitrogens is 4. The molecule has 0 aliphatic carbocycles. The third-order valence-corrected chi connectivity index (χ3v) is 3.70. The monoisotopic (exact) mass is 341 g/mol. The lowest BCUT2D eigenvalue weighted by atomic mass is 10.1. The number of imidazole rings is 1. The van der Waals surface area contributed by atoms with Crippen molar-refractivity contribution in [3.8, 4) is 0 Å². The Morgan fingerprint density at radius 1 is 1.33 bits per heavy atom. The van der Waals surface area contributed by atoms with Crippen molar-refractivity contribution in [2.75, 3.05) is 32.7 Å². The van der Waals surface area contributed by atoms with Gasteiger partial charge in [-0.15, -0.1) is 0 Å². The molecule has 11 heteroatoms. The minimum atomic E-state index is -1.10. The Bertz CT molecular complexity index is 682. The first-order valence-corrected chi connectivity index (χ1v) is 7.32. The third-order valence-electron chi connectivity index (χ3n) is 3.70. The van der Waals surface area contributed by atoms with Crippen LogP contribution in [0.4, 0.5) is 5.82 Å². The first kappa shape index (κ1) is 17.0. The average molecular weight is 341 g/mol. The van der Waals surface area contributed by atoms with Gasteiger partial charge in [0.05, 0.1) is 19.5 Å². The molecule has 1 saturated heterocycles. The Kier molecular flexibility index (Phi) is 5.18. The summed E-state index contributed by atoms with van der Waals surface area (Å²) in [6.07, 6.45) is -0.873. The summed E-state index contributed by atoms with van der Waals surface area (Å²) in [5.74, 6) is 0.227. The van der Waals surface area contributed by atoms with Crippen LogP contribution in [0.2, 0.25) is 0 Å². The molecule has 0 unspecified atom stereocenters. The van der Waals surface area contributed by atoms with E-state index in [1.54, 1.807) is 4.57 Å². The van der Waals surface area contributed by atoms with Gasteiger partial charge >= 0.3 is 0 Å². The van der Waals surface area contributed by atoms with Gasteiger partial charge in [0.15, 0.2) is 23.8 Å². The molecule has 1 aliphatic heterocycles. The molecule has 24 heavy (non-hydrogen) atoms. The fourth-order valence-electron chi connectivity index (χ4n) is 2.50. The third kappa shape index (κ3) is 3.05. The Balaban J connectivity index is 1.86. The second kappa shape index (κ2) is 7.34. The first-order valence-electron chi connectivity index (χ1n) is 7.32. The highest BCUT2D eigenvalue weighted by molar-refractivity contribution is 5.81. The van der Waals surface area contributed by atoms with E-state index in [0.29, 0.717) is 17.8 Å². The topological polar surface area (TPSA) is 147 Å². The van der Waals surface area contributed by atoms with Gasteiger partial charge in [0.25, 0.3) is 0 Å². The number of nitrogens with two attached hydrogens (primary N) is 1. The van der Waals surface area contributed by atoms with Gasteiger partial charge in [-0.2, -0.15) is 0 Å². The van der Waals surface area contributed by atoms with E-state index < -0.39 is 24.5 Å². The van der Waals surface area contributed by atoms with Crippen molar-refractivity contribution in [2.24, 2.45) is 0 Å². The highest BCUT2D eigenvalue weighted by atomic mass is 17.2. The first-order chi connectivity index (χ1) is 11.7. The molecule has 3 rings (SSSR count). The van der Waals surface area contributed by atoms with Crippen LogP contribution in [-0.2, 0) is 19.2 Å². The van der Waals surface area contributed by atoms with E-state index in [4.69, 9.17) is 25.0 Å². The number of anilines is 1. The average Bonchev–Trinajstić information content (AvgIpc) is 3.14. The molecule has 11 nitrogen and oxygen atoms in total. The van der Waals surface area contributed by atoms with E-state index in [-0.39, 0.29) is 19.0 Å². The van der Waals surface area contributed by atoms with Gasteiger partial charge in [-0.05, 0) is 0 Å². The summed E-state index contributed by atoms with van der Waals surface area (Å²) in [5.41, 5.74) is 6.60. The molecular formula is C13H19N5O6. The maximum absolute atomic E-state index is 10.3. The van der Waals surface area contributed by atoms with Gasteiger partial charge in [-0.3, -0.25) is 4.57 Å². The van der Waals surface area contributed by atoms with Crippen LogP contribution in [0.3, 0.4) is 0 Å². The van der Waals surface area contributed by atoms with Crippen molar-refractivity contribution >= 4 is 17.0 Å². The molecule has 4 N–H and O–H groups in total. The molecule has 3 heterocycles. The predicted octanol–water partition coefficient (Wildman–Crippen LogP) is -1.38. The molecule has 4 atom stereocenters. The van der Waals surface area contributed by atoms with Crippen LogP contribution >= 0.6 is 0 Å². The summed E-state index contributed by atoms with van der Waals surface area (Å²) < 4.78 is 12.1. The van der Waals surface area contributed by atoms with Crippen molar-refractivity contribution in [1.82, 2.24) is 19.5 Å². The summed E-state index contributed by atoms with van der Waals surface area (Å²) in [4.78, 5) is 22.5. The Labute approximate surface area is 136 Å². The van der Waals surface area contributed by atoms with Crippen LogP contribution in [-0.4, -0.2) is 75.0 Å². The number of hydrogen-bond acceptors (Lipinski definition) is 10. The van der Waals surface area contributed by atoms with Gasteiger partial charge in [0.1, 0.15) is 30.7 Å². The molecule has 0 radical (unpaired) electrons. The van der Waals surface area contributed by atoms with E-state index in [9.17, 15) is 10.2 Å². The number of nitrogens with zero attached hydrogens (tertiary/aromatic N) is 4. The smallest absolute Gasteiger partial charge is 0.169 e. The Morgan fingerprint density at radius 3 is 2.92 bits per heavy atom. The van der Waals surface area contributed by atoms with Crippen molar-refractivity contribution in [3.05, 3.63) is 12.7 Å². The van der Waals surface area contributed by atoms with E-state index in [1.165, 1.54) is 19.8 Å². The van der Waals surface area contributed by atoms with E-state index in [0.717, 1.165) is 0 Å². The van der Waals surface area contributed by atoms with Crippen LogP contribution in [0, 0.1) is 0 Å². The normalized spacial score (nSPS) is 27.1. The zero-order valence-electron chi connectivity index (χ0n) is 13.0. The number of nitrogen functional groups attached to an aromatic ring is 1. The minimum Gasteiger partial charge on any atom is -0.394 e. The van der Waals surface area contributed by atoms with E-state index >= 15 is 0 Å². The summed E-state index contributed by atoms with van der Waals surface area (Å²) >= 11 is 0. The maximum Gasteiger partial charge on any atom is 0.169 e. The number of aliphatic hydroxyl groups is 2. The molecule has 1 aliphatic rings. The summed E-state index contributed by atoms with van der Waals surface area (Å²) in [6, 6.07) is 0. The molecule has 0 spiro atoms. The van der Waals surface area contributed by atoms with Crippen LogP contribution < -0.4 is 5.73 Å². The molecule has 2 aromatic rings. The summed E-state index contributed by atoms with van der Waals surface area (Å²) in [7, 11) is 1.53. The second-order valence-corrected chi connectivity index (χ2v) is 5.20. The van der Waals surface area contributed by atoms with Gasteiger partial charge < -0.3 is 25.4 Å². The molecule has 132 valence electrons. The van der Waals surface area contributed by atoms with Crippen LogP contribution in [0.1, 0.15) is 6.23 Å². The zero-order valence-corrected chi connectivity index (χ0v) is 13.0. The highest BCUT2D eigenvalue weighted by Gasteiger charge is 2.47. The number of ether oxygens (including phenoxy) is 2. The lowest BCUT2D eigenvalue weighted by molar-refractivity contribution is -0.347. The summed E-state index contributed by atoms with van der Waals surface area (Å²) in [6.45, 7) is 0.130. The standard InChI is InChI=1S/C13H19N5O6/c1-21-2-3-22-24-10-9(20)7(4-19)23-13(10)18-6-17-8-11(14)15-5-16-12(8)18/h5-7,9-10,13,19-20H,2-4H2,1H3,(H2,14,15,16)/t7-,9-,10-,13-/m1/s1. The lowest BCUT2D eigenvalue weighted by Crippen LogP contribution is -2.35. The van der Waals surface area contributed by atoms with Gasteiger partial charge in [-0.25, -0.2) is 24.7 Å². The van der Waals surface area contributed by atoms with Crippen LogP contribution in [0.5, 0.6) is 0 Å². The van der Waals surface area contributed by atoms with Gasteiger partial charge in [-0.1, -0.05) is 0 Å². The highest BCUT2D eigenvalue weighted by Crippen LogP contribution is 2.33. The second-order valence-electron chi connectivity index (χ2n) is 5.20. The number of hydrogen-bond donors (Lipinski definition) is 3. The molecule has 0 amide bonds. The SMILES string of the molecule is COCCOO[C@@H]1[C@H](O)[C@@H](CO)O[C@H]1n1cnc2c(N)ncnc21. The van der Waals surface area contributed by atoms with Crippen molar-refractivity contribution < 1.29 is 29.5 Å². The fourth-order valence-corrected chi connectivity index (χ4v) is 2.50. The van der Waals surface area contributed by atoms with E-state index in [2.05, 4.69) is 15.0 Å². The maximum atomic E-state index is 10.3. The molecule has 0 bridgehead atoms. The molecule has 0 aromatic carbocycles. The number of fused-ring (bicyclic) bond motifs is 1. The molecule has 2 aromatic heterocycles. The number of aliphatic hydroxyl groups excluding tert-OH is 2. The van der Waals surface area contributed by atoms with Crippen molar-refractivity contribution in [1.29, 1.82) is 0 Å². The van der Waals surface area contributed by atoms with Crippen molar-refractivity contribution in [3.63, 3.8) is 0 Å². The molecule has 0 saturated carbocycles. The summed E-state index contributed by atoms with van der Waals surface area (Å²) in [5, 5.41) is 19.7. The van der Waals surface area contributed by atoms with Crippen molar-refractivity contribution in [2.45, 2.75) is 24.5 Å². The fraction of sp³-hybridized carbons (Fsp3) is 0.615. The van der Waals surface area contributed by atoms with Crippen LogP contribution in [0.25, 0.3) is 11.2 Å². The predicted molar refractivity (Wildman–Crippen MR) is 79.4 cm³/mol. The quantitative estimate of drug-likeness (QED) is 0.313. The molecule has 1 fully saturated rings. The largest absolute Gasteiger partial charge is 0.394 e. The zero-order chi connectivity index (χ0) is 17.1. The van der Waals surface area contributed by atoms with Gasteiger partial charge in [0, 0.05) is 7.11 Å². The number of rotatable bonds is 7. The Hall–Kier alpha value is -1.89. The van der Waals surface area contributed by atoms with Gasteiger partial charge in [0.2, 0.25) is 0 Å². The number of methoxy groups -OCH3 is 1.